The fourth-order valence-corrected chi connectivity index (χ4v) is 2.47. The van der Waals surface area contributed by atoms with Gasteiger partial charge in [0.2, 0.25) is 5.65 Å². The topological polar surface area (TPSA) is 63.0 Å². The van der Waals surface area contributed by atoms with Gasteiger partial charge in [0.15, 0.2) is 5.82 Å². The number of rotatable bonds is 2. The zero-order valence-electron chi connectivity index (χ0n) is 11.2. The van der Waals surface area contributed by atoms with E-state index in [2.05, 4.69) is 15.1 Å². The van der Waals surface area contributed by atoms with Crippen LogP contribution in [0.4, 0.5) is 0 Å². The maximum Gasteiger partial charge on any atom is 0.293 e. The number of hydrogen-bond donors (Lipinski definition) is 1. The predicted octanol–water partition coefficient (Wildman–Crippen LogP) is 2.16. The van der Waals surface area contributed by atoms with Gasteiger partial charge in [0.25, 0.3) is 5.56 Å². The Morgan fingerprint density at radius 2 is 1.76 bits per heavy atom. The van der Waals surface area contributed by atoms with Crippen molar-refractivity contribution in [2.24, 2.45) is 0 Å². The molecule has 0 aliphatic heterocycles. The van der Waals surface area contributed by atoms with E-state index in [0.717, 1.165) is 16.6 Å². The summed E-state index contributed by atoms with van der Waals surface area (Å²) in [7, 11) is 0. The van der Waals surface area contributed by atoms with E-state index in [1.807, 2.05) is 54.6 Å². The predicted molar refractivity (Wildman–Crippen MR) is 80.4 cm³/mol. The summed E-state index contributed by atoms with van der Waals surface area (Å²) >= 11 is 0. The highest BCUT2D eigenvalue weighted by atomic mass is 16.1. The van der Waals surface area contributed by atoms with Crippen LogP contribution in [0.3, 0.4) is 0 Å². The van der Waals surface area contributed by atoms with Crippen molar-refractivity contribution in [2.75, 3.05) is 0 Å². The van der Waals surface area contributed by atoms with Gasteiger partial charge in [0.05, 0.1) is 11.0 Å². The van der Waals surface area contributed by atoms with Gasteiger partial charge in [-0.3, -0.25) is 4.79 Å². The van der Waals surface area contributed by atoms with Crippen LogP contribution in [-0.4, -0.2) is 19.6 Å². The smallest absolute Gasteiger partial charge is 0.293 e. The average Bonchev–Trinajstić information content (AvgIpc) is 2.93. The third-order valence-corrected chi connectivity index (χ3v) is 3.44. The fourth-order valence-electron chi connectivity index (χ4n) is 2.47. The molecule has 1 N–H and O–H groups in total. The van der Waals surface area contributed by atoms with Crippen LogP contribution in [0.5, 0.6) is 0 Å². The number of aromatic nitrogens is 4. The molecule has 21 heavy (non-hydrogen) atoms. The lowest BCUT2D eigenvalue weighted by molar-refractivity contribution is 0.920. The molecule has 0 saturated heterocycles. The number of nitrogens with zero attached hydrogens (tertiary/aromatic N) is 3. The van der Waals surface area contributed by atoms with Crippen molar-refractivity contribution in [3.05, 3.63) is 76.3 Å². The maximum absolute atomic E-state index is 12.1. The number of H-pyrrole nitrogens is 1. The van der Waals surface area contributed by atoms with Crippen molar-refractivity contribution < 1.29 is 0 Å². The van der Waals surface area contributed by atoms with E-state index in [1.54, 1.807) is 4.52 Å². The van der Waals surface area contributed by atoms with Gasteiger partial charge in [0.1, 0.15) is 0 Å². The average molecular weight is 276 g/mol. The van der Waals surface area contributed by atoms with Crippen LogP contribution in [0, 0.1) is 0 Å². The van der Waals surface area contributed by atoms with Crippen LogP contribution in [-0.2, 0) is 6.42 Å². The minimum absolute atomic E-state index is 0.222. The summed E-state index contributed by atoms with van der Waals surface area (Å²) in [5.74, 6) is 0.642. The Morgan fingerprint density at radius 1 is 1.00 bits per heavy atom. The lowest BCUT2D eigenvalue weighted by Gasteiger charge is -1.98. The largest absolute Gasteiger partial charge is 0.317 e. The normalized spacial score (nSPS) is 11.2. The Kier molecular flexibility index (Phi) is 2.57. The van der Waals surface area contributed by atoms with Crippen molar-refractivity contribution in [1.29, 1.82) is 0 Å². The molecule has 0 aliphatic carbocycles. The molecule has 0 saturated carbocycles. The Bertz CT molecular complexity index is 985. The highest BCUT2D eigenvalue weighted by molar-refractivity contribution is 5.76. The zero-order valence-corrected chi connectivity index (χ0v) is 11.2. The van der Waals surface area contributed by atoms with E-state index < -0.39 is 0 Å². The molecule has 0 bridgehead atoms. The molecule has 4 rings (SSSR count). The SMILES string of the molecule is O=c1[nH]c2ccccc2n2nc(Cc3ccccc3)nc12. The lowest BCUT2D eigenvalue weighted by atomic mass is 10.1. The molecule has 0 unspecified atom stereocenters. The molecule has 5 heteroatoms. The minimum Gasteiger partial charge on any atom is -0.317 e. The van der Waals surface area contributed by atoms with Gasteiger partial charge in [-0.2, -0.15) is 5.10 Å². The standard InChI is InChI=1S/C16H12N4O/c21-16-15-18-14(10-11-6-2-1-3-7-11)19-20(15)13-9-5-4-8-12(13)17-16/h1-9H,10H2,(H,17,21). The van der Waals surface area contributed by atoms with E-state index in [-0.39, 0.29) is 5.56 Å². The van der Waals surface area contributed by atoms with Crippen molar-refractivity contribution in [3.63, 3.8) is 0 Å². The van der Waals surface area contributed by atoms with Crippen LogP contribution in [0.25, 0.3) is 16.7 Å². The van der Waals surface area contributed by atoms with Gasteiger partial charge >= 0.3 is 0 Å². The number of fused-ring (bicyclic) bond motifs is 3. The van der Waals surface area contributed by atoms with Crippen molar-refractivity contribution >= 4 is 16.7 Å². The van der Waals surface area contributed by atoms with Gasteiger partial charge in [-0.05, 0) is 17.7 Å². The first-order chi connectivity index (χ1) is 10.3. The second kappa shape index (κ2) is 4.56. The third kappa shape index (κ3) is 1.99. The number of benzene rings is 2. The second-order valence-corrected chi connectivity index (χ2v) is 4.90. The van der Waals surface area contributed by atoms with Crippen LogP contribution in [0.15, 0.2) is 59.4 Å². The van der Waals surface area contributed by atoms with E-state index in [0.29, 0.717) is 17.9 Å². The maximum atomic E-state index is 12.1. The number of hydrogen-bond acceptors (Lipinski definition) is 3. The molecule has 0 radical (unpaired) electrons. The molecule has 0 spiro atoms. The highest BCUT2D eigenvalue weighted by Gasteiger charge is 2.10. The van der Waals surface area contributed by atoms with Gasteiger partial charge in [-0.1, -0.05) is 42.5 Å². The summed E-state index contributed by atoms with van der Waals surface area (Å²) < 4.78 is 1.62. The minimum atomic E-state index is -0.222. The molecule has 0 fully saturated rings. The van der Waals surface area contributed by atoms with Crippen LogP contribution < -0.4 is 5.56 Å². The Labute approximate surface area is 119 Å². The Balaban J connectivity index is 1.91. The number of aromatic amines is 1. The third-order valence-electron chi connectivity index (χ3n) is 3.44. The molecular formula is C16H12N4O. The molecule has 2 aromatic carbocycles. The van der Waals surface area contributed by atoms with E-state index in [9.17, 15) is 4.79 Å². The number of para-hydroxylation sites is 2. The molecular weight excluding hydrogens is 264 g/mol. The molecule has 0 amide bonds. The molecule has 102 valence electrons. The first-order valence-electron chi connectivity index (χ1n) is 6.72. The zero-order chi connectivity index (χ0) is 14.2. The molecule has 2 aromatic heterocycles. The van der Waals surface area contributed by atoms with Crippen LogP contribution in [0.1, 0.15) is 11.4 Å². The first-order valence-corrected chi connectivity index (χ1v) is 6.72. The summed E-state index contributed by atoms with van der Waals surface area (Å²) in [6.45, 7) is 0. The Morgan fingerprint density at radius 3 is 2.62 bits per heavy atom. The molecule has 0 atom stereocenters. The van der Waals surface area contributed by atoms with Gasteiger partial charge in [0, 0.05) is 6.42 Å². The fraction of sp³-hybridized carbons (Fsp3) is 0.0625. The molecule has 5 nitrogen and oxygen atoms in total. The van der Waals surface area contributed by atoms with E-state index in [4.69, 9.17) is 0 Å². The van der Waals surface area contributed by atoms with E-state index in [1.165, 1.54) is 0 Å². The highest BCUT2D eigenvalue weighted by Crippen LogP contribution is 2.12. The van der Waals surface area contributed by atoms with E-state index >= 15 is 0 Å². The first kappa shape index (κ1) is 11.8. The summed E-state index contributed by atoms with van der Waals surface area (Å²) in [6, 6.07) is 17.5. The molecule has 4 aromatic rings. The second-order valence-electron chi connectivity index (χ2n) is 4.90. The van der Waals surface area contributed by atoms with Gasteiger partial charge < -0.3 is 4.98 Å². The Hall–Kier alpha value is -2.95. The molecule has 2 heterocycles. The van der Waals surface area contributed by atoms with Crippen molar-refractivity contribution in [2.45, 2.75) is 6.42 Å². The van der Waals surface area contributed by atoms with Crippen LogP contribution in [0.2, 0.25) is 0 Å². The van der Waals surface area contributed by atoms with Gasteiger partial charge in [-0.15, -0.1) is 0 Å². The summed E-state index contributed by atoms with van der Waals surface area (Å²) in [5.41, 5.74) is 2.83. The summed E-state index contributed by atoms with van der Waals surface area (Å²) in [5, 5.41) is 4.48. The van der Waals surface area contributed by atoms with Crippen molar-refractivity contribution in [3.8, 4) is 0 Å². The lowest BCUT2D eigenvalue weighted by Crippen LogP contribution is -2.11. The van der Waals surface area contributed by atoms with Gasteiger partial charge in [-0.25, -0.2) is 9.50 Å². The van der Waals surface area contributed by atoms with Crippen molar-refractivity contribution in [1.82, 2.24) is 19.6 Å². The summed E-state index contributed by atoms with van der Waals surface area (Å²) in [4.78, 5) is 19.3. The quantitative estimate of drug-likeness (QED) is 0.610. The monoisotopic (exact) mass is 276 g/mol. The summed E-state index contributed by atoms with van der Waals surface area (Å²) in [6.07, 6.45) is 0.607. The number of nitrogens with one attached hydrogen (secondary N) is 1. The van der Waals surface area contributed by atoms with Crippen LogP contribution >= 0.6 is 0 Å². The molecule has 0 aliphatic rings.